The third-order valence-corrected chi connectivity index (χ3v) is 3.16. The highest BCUT2D eigenvalue weighted by Gasteiger charge is 2.35. The summed E-state index contributed by atoms with van der Waals surface area (Å²) in [5.74, 6) is -0.0500. The summed E-state index contributed by atoms with van der Waals surface area (Å²) in [6, 6.07) is 0. The molecule has 1 aromatic rings. The normalized spacial score (nSPS) is 26.5. The molecular formula is C10H14N4O4S. The zero-order chi connectivity index (χ0) is 14.2. The molecule has 8 nitrogen and oxygen atoms in total. The van der Waals surface area contributed by atoms with E-state index >= 15 is 0 Å². The molecule has 0 bridgehead atoms. The number of nitrogens with zero attached hydrogens (tertiary/aromatic N) is 2. The van der Waals surface area contributed by atoms with Crippen molar-refractivity contribution in [2.45, 2.75) is 24.9 Å². The highest BCUT2D eigenvalue weighted by Crippen LogP contribution is 2.27. The van der Waals surface area contributed by atoms with Crippen molar-refractivity contribution in [1.29, 1.82) is 0 Å². The predicted octanol–water partition coefficient (Wildman–Crippen LogP) is -1.90. The molecule has 1 aliphatic rings. The molecule has 1 aromatic heterocycles. The molecule has 6 N–H and O–H groups in total. The Balaban J connectivity index is 2.38. The van der Waals surface area contributed by atoms with Crippen LogP contribution in [0.2, 0.25) is 0 Å². The van der Waals surface area contributed by atoms with Crippen LogP contribution in [0.3, 0.4) is 0 Å². The summed E-state index contributed by atoms with van der Waals surface area (Å²) in [7, 11) is 0. The summed E-state index contributed by atoms with van der Waals surface area (Å²) < 4.78 is 6.52. The number of nitrogen functional groups attached to an aromatic ring is 1. The van der Waals surface area contributed by atoms with Gasteiger partial charge < -0.3 is 26.4 Å². The monoisotopic (exact) mass is 286 g/mol. The molecule has 0 saturated carbocycles. The number of thiocarbonyl (C=S) groups is 1. The topological polar surface area (TPSA) is 137 Å². The third-order valence-electron chi connectivity index (χ3n) is 2.94. The molecule has 0 spiro atoms. The highest BCUT2D eigenvalue weighted by atomic mass is 32.1. The van der Waals surface area contributed by atoms with E-state index in [2.05, 4.69) is 4.98 Å². The second-order valence-electron chi connectivity index (χ2n) is 4.21. The molecule has 2 rings (SSSR count). The minimum Gasteiger partial charge on any atom is -0.394 e. The highest BCUT2D eigenvalue weighted by molar-refractivity contribution is 7.80. The Labute approximate surface area is 113 Å². The van der Waals surface area contributed by atoms with Crippen LogP contribution in [0.1, 0.15) is 18.2 Å². The number of rotatable bonds is 3. The molecule has 104 valence electrons. The van der Waals surface area contributed by atoms with Crippen LogP contribution in [0.4, 0.5) is 5.82 Å². The number of ether oxygens (including phenoxy) is 1. The molecule has 0 aliphatic carbocycles. The lowest BCUT2D eigenvalue weighted by Gasteiger charge is -2.15. The maximum atomic E-state index is 11.8. The zero-order valence-electron chi connectivity index (χ0n) is 9.89. The fourth-order valence-electron chi connectivity index (χ4n) is 1.93. The van der Waals surface area contributed by atoms with Gasteiger partial charge in [-0.25, -0.2) is 4.79 Å². The van der Waals surface area contributed by atoms with Crippen LogP contribution in [-0.2, 0) is 4.74 Å². The van der Waals surface area contributed by atoms with Crippen LogP contribution in [0, 0.1) is 0 Å². The van der Waals surface area contributed by atoms with Crippen LogP contribution >= 0.6 is 12.2 Å². The fraction of sp³-hybridized carbons (Fsp3) is 0.500. The number of aromatic nitrogens is 2. The summed E-state index contributed by atoms with van der Waals surface area (Å²) in [5.41, 5.74) is 10.7. The lowest BCUT2D eigenvalue weighted by Crippen LogP contribution is -2.30. The first-order valence-corrected chi connectivity index (χ1v) is 5.97. The minimum atomic E-state index is -0.854. The van der Waals surface area contributed by atoms with Gasteiger partial charge >= 0.3 is 5.69 Å². The molecule has 2 heterocycles. The fourth-order valence-corrected chi connectivity index (χ4v) is 2.09. The summed E-state index contributed by atoms with van der Waals surface area (Å²) in [6.45, 7) is -0.336. The Hall–Kier alpha value is -1.55. The van der Waals surface area contributed by atoms with Gasteiger partial charge in [0.2, 0.25) is 0 Å². The van der Waals surface area contributed by atoms with Crippen LogP contribution in [0.5, 0.6) is 0 Å². The number of nitrogens with two attached hydrogens (primary N) is 2. The van der Waals surface area contributed by atoms with E-state index in [0.29, 0.717) is 0 Å². The van der Waals surface area contributed by atoms with Crippen LogP contribution in [0.15, 0.2) is 11.0 Å². The predicted molar refractivity (Wildman–Crippen MR) is 70.4 cm³/mol. The Bertz CT molecular complexity index is 561. The van der Waals surface area contributed by atoms with Crippen LogP contribution in [-0.4, -0.2) is 43.6 Å². The van der Waals surface area contributed by atoms with E-state index in [1.54, 1.807) is 0 Å². The van der Waals surface area contributed by atoms with Gasteiger partial charge in [0.15, 0.2) is 0 Å². The van der Waals surface area contributed by atoms with Crippen molar-refractivity contribution < 1.29 is 14.9 Å². The first kappa shape index (κ1) is 13.9. The number of aliphatic hydroxyl groups excluding tert-OH is 2. The van der Waals surface area contributed by atoms with Gasteiger partial charge in [0.05, 0.1) is 18.3 Å². The largest absolute Gasteiger partial charge is 0.394 e. The second kappa shape index (κ2) is 5.21. The zero-order valence-corrected chi connectivity index (χ0v) is 10.7. The smallest absolute Gasteiger partial charge is 0.351 e. The molecular weight excluding hydrogens is 272 g/mol. The average molecular weight is 286 g/mol. The summed E-state index contributed by atoms with van der Waals surface area (Å²) in [6.07, 6.45) is -0.811. The van der Waals surface area contributed by atoms with Gasteiger partial charge in [-0.1, -0.05) is 12.2 Å². The van der Waals surface area contributed by atoms with Crippen molar-refractivity contribution in [3.63, 3.8) is 0 Å². The SMILES string of the molecule is NC(=S)c1cn([C@H]2C[C@@H](O)[C@H](CO)O2)c(=O)nc1N. The van der Waals surface area contributed by atoms with Gasteiger partial charge in [0, 0.05) is 12.6 Å². The first-order valence-electron chi connectivity index (χ1n) is 5.57. The van der Waals surface area contributed by atoms with Crippen molar-refractivity contribution in [2.75, 3.05) is 12.3 Å². The van der Waals surface area contributed by atoms with Crippen molar-refractivity contribution in [1.82, 2.24) is 9.55 Å². The Morgan fingerprint density at radius 1 is 1.68 bits per heavy atom. The lowest BCUT2D eigenvalue weighted by molar-refractivity contribution is -0.0458. The lowest BCUT2D eigenvalue weighted by atomic mass is 10.2. The van der Waals surface area contributed by atoms with E-state index in [4.69, 9.17) is 33.5 Å². The number of anilines is 1. The molecule has 0 radical (unpaired) electrons. The van der Waals surface area contributed by atoms with Gasteiger partial charge in [0.25, 0.3) is 0 Å². The van der Waals surface area contributed by atoms with E-state index in [9.17, 15) is 9.90 Å². The van der Waals surface area contributed by atoms with Gasteiger partial charge in [-0.15, -0.1) is 0 Å². The van der Waals surface area contributed by atoms with Crippen molar-refractivity contribution in [3.05, 3.63) is 22.2 Å². The molecule has 19 heavy (non-hydrogen) atoms. The molecule has 1 aliphatic heterocycles. The second-order valence-corrected chi connectivity index (χ2v) is 4.65. The first-order chi connectivity index (χ1) is 8.93. The van der Waals surface area contributed by atoms with E-state index in [1.165, 1.54) is 6.20 Å². The minimum absolute atomic E-state index is 0.0102. The van der Waals surface area contributed by atoms with Gasteiger partial charge in [0.1, 0.15) is 23.1 Å². The molecule has 1 saturated heterocycles. The summed E-state index contributed by atoms with van der Waals surface area (Å²) >= 11 is 4.81. The van der Waals surface area contributed by atoms with Crippen molar-refractivity contribution in [2.24, 2.45) is 5.73 Å². The number of hydrogen-bond donors (Lipinski definition) is 4. The number of hydrogen-bond acceptors (Lipinski definition) is 7. The van der Waals surface area contributed by atoms with E-state index < -0.39 is 24.1 Å². The molecule has 1 fully saturated rings. The molecule has 9 heteroatoms. The van der Waals surface area contributed by atoms with Gasteiger partial charge in [-0.3, -0.25) is 4.57 Å². The van der Waals surface area contributed by atoms with Crippen LogP contribution in [0.25, 0.3) is 0 Å². The number of aliphatic hydroxyl groups is 2. The Morgan fingerprint density at radius 3 is 2.89 bits per heavy atom. The van der Waals surface area contributed by atoms with E-state index in [0.717, 1.165) is 4.57 Å². The van der Waals surface area contributed by atoms with Crippen molar-refractivity contribution in [3.8, 4) is 0 Å². The van der Waals surface area contributed by atoms with E-state index in [-0.39, 0.29) is 29.4 Å². The van der Waals surface area contributed by atoms with Gasteiger partial charge in [-0.2, -0.15) is 4.98 Å². The molecule has 3 atom stereocenters. The Morgan fingerprint density at radius 2 is 2.37 bits per heavy atom. The molecule has 0 unspecified atom stereocenters. The molecule has 0 amide bonds. The summed E-state index contributed by atoms with van der Waals surface area (Å²) in [4.78, 5) is 15.4. The molecule has 0 aromatic carbocycles. The van der Waals surface area contributed by atoms with Gasteiger partial charge in [-0.05, 0) is 0 Å². The summed E-state index contributed by atoms with van der Waals surface area (Å²) in [5, 5.41) is 18.7. The van der Waals surface area contributed by atoms with E-state index in [1.807, 2.05) is 0 Å². The maximum Gasteiger partial charge on any atom is 0.351 e. The van der Waals surface area contributed by atoms with Crippen molar-refractivity contribution >= 4 is 23.0 Å². The standard InChI is InChI=1S/C10H14N4O4S/c11-8-4(9(12)19)2-14(10(17)13-8)7-1-5(16)6(3-15)18-7/h2,5-7,15-16H,1,3H2,(H2,12,19)(H2,11,13,17)/t5-,6+,7-/m1/s1. The third kappa shape index (κ3) is 2.59. The average Bonchev–Trinajstić information content (AvgIpc) is 2.69. The maximum absolute atomic E-state index is 11.8. The van der Waals surface area contributed by atoms with Crippen LogP contribution < -0.4 is 17.2 Å². The quantitative estimate of drug-likeness (QED) is 0.473. The Kier molecular flexibility index (Phi) is 3.80.